The molecule has 1 fully saturated rings. The Balaban J connectivity index is 2.14. The minimum Gasteiger partial charge on any atom is -0.361 e. The molecule has 0 bridgehead atoms. The first-order chi connectivity index (χ1) is 11.3. The van der Waals surface area contributed by atoms with Gasteiger partial charge in [0.25, 0.3) is 0 Å². The lowest BCUT2D eigenvalue weighted by molar-refractivity contribution is -0.132. The average molecular weight is 336 g/mol. The van der Waals surface area contributed by atoms with Gasteiger partial charge in [0.1, 0.15) is 5.76 Å². The van der Waals surface area contributed by atoms with Gasteiger partial charge in [0.2, 0.25) is 17.7 Å². The number of hydrogen-bond acceptors (Lipinski definition) is 5. The van der Waals surface area contributed by atoms with Crippen LogP contribution in [0.3, 0.4) is 0 Å². The summed E-state index contributed by atoms with van der Waals surface area (Å²) in [5, 5.41) is 6.47. The van der Waals surface area contributed by atoms with E-state index >= 15 is 0 Å². The molecule has 1 aliphatic heterocycles. The van der Waals surface area contributed by atoms with E-state index in [0.717, 1.165) is 5.56 Å². The zero-order valence-corrected chi connectivity index (χ0v) is 14.6. The van der Waals surface area contributed by atoms with Gasteiger partial charge in [0, 0.05) is 45.7 Å². The normalized spacial score (nSPS) is 18.2. The van der Waals surface area contributed by atoms with Crippen LogP contribution in [0.25, 0.3) is 0 Å². The molecule has 2 rings (SSSR count). The molecule has 8 nitrogen and oxygen atoms in total. The molecule has 24 heavy (non-hydrogen) atoms. The van der Waals surface area contributed by atoms with Crippen LogP contribution in [-0.2, 0) is 20.8 Å². The molecule has 0 radical (unpaired) electrons. The first kappa shape index (κ1) is 18.0. The fraction of sp³-hybridized carbons (Fsp3) is 0.625. The van der Waals surface area contributed by atoms with Crippen LogP contribution < -0.4 is 5.32 Å². The maximum Gasteiger partial charge on any atom is 0.227 e. The van der Waals surface area contributed by atoms with Gasteiger partial charge in [-0.25, -0.2) is 0 Å². The van der Waals surface area contributed by atoms with Crippen molar-refractivity contribution in [3.05, 3.63) is 17.0 Å². The van der Waals surface area contributed by atoms with Gasteiger partial charge in [-0.1, -0.05) is 5.16 Å². The third-order valence-electron chi connectivity index (χ3n) is 4.45. The summed E-state index contributed by atoms with van der Waals surface area (Å²) in [7, 11) is 1.56. The van der Waals surface area contributed by atoms with Crippen molar-refractivity contribution in [1.82, 2.24) is 20.3 Å². The Bertz CT molecular complexity index is 621. The summed E-state index contributed by atoms with van der Waals surface area (Å²) in [6.45, 7) is 6.51. The number of aromatic nitrogens is 1. The third kappa shape index (κ3) is 3.93. The molecule has 8 heteroatoms. The maximum absolute atomic E-state index is 12.7. The Morgan fingerprint density at radius 1 is 1.21 bits per heavy atom. The number of nitrogens with one attached hydrogen (secondary N) is 1. The number of rotatable bonds is 3. The van der Waals surface area contributed by atoms with Crippen molar-refractivity contribution >= 4 is 17.7 Å². The van der Waals surface area contributed by atoms with E-state index < -0.39 is 5.92 Å². The van der Waals surface area contributed by atoms with Crippen molar-refractivity contribution in [1.29, 1.82) is 0 Å². The van der Waals surface area contributed by atoms with Gasteiger partial charge in [-0.3, -0.25) is 14.4 Å². The zero-order valence-electron chi connectivity index (χ0n) is 14.6. The highest BCUT2D eigenvalue weighted by Crippen LogP contribution is 2.16. The van der Waals surface area contributed by atoms with Crippen LogP contribution in [0.1, 0.15) is 23.9 Å². The van der Waals surface area contributed by atoms with E-state index in [2.05, 4.69) is 10.5 Å². The predicted octanol–water partition coefficient (Wildman–Crippen LogP) is -0.113. The van der Waals surface area contributed by atoms with Crippen molar-refractivity contribution in [3.63, 3.8) is 0 Å². The second-order valence-electron chi connectivity index (χ2n) is 6.10. The van der Waals surface area contributed by atoms with E-state index in [0.29, 0.717) is 37.6 Å². The van der Waals surface area contributed by atoms with Crippen molar-refractivity contribution in [2.45, 2.75) is 27.2 Å². The molecule has 2 heterocycles. The fourth-order valence-electron chi connectivity index (χ4n) is 2.91. The second kappa shape index (κ2) is 7.46. The predicted molar refractivity (Wildman–Crippen MR) is 86.1 cm³/mol. The summed E-state index contributed by atoms with van der Waals surface area (Å²) in [5.74, 6) is -0.162. The molecule has 1 aliphatic rings. The first-order valence-electron chi connectivity index (χ1n) is 8.00. The number of hydrogen-bond donors (Lipinski definition) is 1. The number of nitrogens with zero attached hydrogens (tertiary/aromatic N) is 3. The molecule has 3 amide bonds. The Morgan fingerprint density at radius 2 is 1.83 bits per heavy atom. The lowest BCUT2D eigenvalue weighted by Crippen LogP contribution is -2.42. The molecule has 1 N–H and O–H groups in total. The summed E-state index contributed by atoms with van der Waals surface area (Å²) in [6.07, 6.45) is 0.182. The lowest BCUT2D eigenvalue weighted by Gasteiger charge is -2.23. The van der Waals surface area contributed by atoms with Gasteiger partial charge < -0.3 is 19.6 Å². The van der Waals surface area contributed by atoms with E-state index in [-0.39, 0.29) is 24.1 Å². The quantitative estimate of drug-likeness (QED) is 0.831. The highest BCUT2D eigenvalue weighted by molar-refractivity contribution is 5.83. The molecule has 0 aromatic carbocycles. The van der Waals surface area contributed by atoms with E-state index in [1.807, 2.05) is 0 Å². The van der Waals surface area contributed by atoms with Crippen LogP contribution in [0, 0.1) is 19.8 Å². The number of aryl methyl sites for hydroxylation is 2. The van der Waals surface area contributed by atoms with E-state index in [1.165, 1.54) is 6.92 Å². The minimum atomic E-state index is -0.435. The van der Waals surface area contributed by atoms with Gasteiger partial charge in [-0.15, -0.1) is 0 Å². The van der Waals surface area contributed by atoms with E-state index in [9.17, 15) is 14.4 Å². The summed E-state index contributed by atoms with van der Waals surface area (Å²) in [4.78, 5) is 39.7. The van der Waals surface area contributed by atoms with Gasteiger partial charge >= 0.3 is 0 Å². The number of carbonyl (C=O) groups excluding carboxylic acids is 3. The smallest absolute Gasteiger partial charge is 0.227 e. The number of carbonyl (C=O) groups is 3. The largest absolute Gasteiger partial charge is 0.361 e. The highest BCUT2D eigenvalue weighted by Gasteiger charge is 2.31. The zero-order chi connectivity index (χ0) is 17.9. The number of amides is 3. The molecular formula is C16H24N4O4. The standard InChI is InChI=1S/C16H24N4O4/c1-10-14(11(2)24-18-10)7-15(22)20-6-5-19(12(3)21)8-13(9-20)16(23)17-4/h13H,5-9H2,1-4H3,(H,17,23). The molecule has 0 aliphatic carbocycles. The van der Waals surface area contributed by atoms with Crippen LogP contribution in [0.15, 0.2) is 4.52 Å². The fourth-order valence-corrected chi connectivity index (χ4v) is 2.91. The SMILES string of the molecule is CNC(=O)C1CN(C(C)=O)CCN(C(=O)Cc2c(C)noc2C)C1. The van der Waals surface area contributed by atoms with Crippen LogP contribution >= 0.6 is 0 Å². The van der Waals surface area contributed by atoms with Gasteiger partial charge in [0.15, 0.2) is 0 Å². The first-order valence-corrected chi connectivity index (χ1v) is 8.00. The second-order valence-corrected chi connectivity index (χ2v) is 6.10. The Hall–Kier alpha value is -2.38. The van der Waals surface area contributed by atoms with E-state index in [1.54, 1.807) is 30.7 Å². The Labute approximate surface area is 141 Å². The molecule has 0 spiro atoms. The minimum absolute atomic E-state index is 0.0936. The summed E-state index contributed by atoms with van der Waals surface area (Å²) >= 11 is 0. The Kier molecular flexibility index (Phi) is 5.58. The molecule has 1 saturated heterocycles. The van der Waals surface area contributed by atoms with Crippen LogP contribution in [-0.4, -0.2) is 65.9 Å². The average Bonchev–Trinajstić information content (AvgIpc) is 2.78. The van der Waals surface area contributed by atoms with Gasteiger partial charge in [0.05, 0.1) is 18.0 Å². The Morgan fingerprint density at radius 3 is 2.38 bits per heavy atom. The van der Waals surface area contributed by atoms with Crippen molar-refractivity contribution in [2.24, 2.45) is 5.92 Å². The summed E-state index contributed by atoms with van der Waals surface area (Å²) in [6, 6.07) is 0. The van der Waals surface area contributed by atoms with Crippen LogP contribution in [0.4, 0.5) is 0 Å². The molecule has 132 valence electrons. The summed E-state index contributed by atoms with van der Waals surface area (Å²) < 4.78 is 5.10. The molecule has 1 aromatic heterocycles. The van der Waals surface area contributed by atoms with Crippen molar-refractivity contribution in [3.8, 4) is 0 Å². The maximum atomic E-state index is 12.7. The third-order valence-corrected chi connectivity index (χ3v) is 4.45. The molecule has 1 unspecified atom stereocenters. The van der Waals surface area contributed by atoms with Gasteiger partial charge in [-0.05, 0) is 13.8 Å². The van der Waals surface area contributed by atoms with Crippen LogP contribution in [0.5, 0.6) is 0 Å². The topological polar surface area (TPSA) is 95.8 Å². The molecular weight excluding hydrogens is 312 g/mol. The highest BCUT2D eigenvalue weighted by atomic mass is 16.5. The van der Waals surface area contributed by atoms with Gasteiger partial charge in [-0.2, -0.15) is 0 Å². The lowest BCUT2D eigenvalue weighted by atomic mass is 10.1. The molecule has 1 aromatic rings. The van der Waals surface area contributed by atoms with Crippen LogP contribution in [0.2, 0.25) is 0 Å². The monoisotopic (exact) mass is 336 g/mol. The van der Waals surface area contributed by atoms with E-state index in [4.69, 9.17) is 4.52 Å². The molecule has 0 saturated carbocycles. The summed E-state index contributed by atoms with van der Waals surface area (Å²) in [5.41, 5.74) is 1.48. The molecule has 1 atom stereocenters. The van der Waals surface area contributed by atoms with Crippen molar-refractivity contribution < 1.29 is 18.9 Å². The van der Waals surface area contributed by atoms with Crippen molar-refractivity contribution in [2.75, 3.05) is 33.2 Å².